The first-order chi connectivity index (χ1) is 8.58. The molecule has 0 spiro atoms. The first-order valence-electron chi connectivity index (χ1n) is 7.53. The molecule has 0 radical (unpaired) electrons. The minimum Gasteiger partial charge on any atom is -0.384 e. The van der Waals surface area contributed by atoms with Crippen molar-refractivity contribution in [3.05, 3.63) is 0 Å². The number of hydrogen-bond donors (Lipinski definition) is 0. The van der Waals surface area contributed by atoms with Crippen molar-refractivity contribution in [2.75, 3.05) is 13.7 Å². The van der Waals surface area contributed by atoms with Crippen molar-refractivity contribution in [3.8, 4) is 0 Å². The molecular formula is C16H32O2. The molecule has 0 amide bonds. The van der Waals surface area contributed by atoms with Gasteiger partial charge in [-0.2, -0.15) is 0 Å². The molecule has 0 N–H and O–H groups in total. The predicted molar refractivity (Wildman–Crippen MR) is 77.8 cm³/mol. The van der Waals surface area contributed by atoms with Gasteiger partial charge in [-0.1, -0.05) is 53.4 Å². The lowest BCUT2D eigenvalue weighted by Gasteiger charge is -2.41. The van der Waals surface area contributed by atoms with E-state index in [0.717, 1.165) is 25.7 Å². The maximum atomic E-state index is 11.5. The zero-order valence-corrected chi connectivity index (χ0v) is 13.0. The summed E-state index contributed by atoms with van der Waals surface area (Å²) in [5.74, 6) is 0.623. The molecule has 2 nitrogen and oxygen atoms in total. The van der Waals surface area contributed by atoms with Crippen LogP contribution in [-0.2, 0) is 9.53 Å². The van der Waals surface area contributed by atoms with Crippen LogP contribution in [0.4, 0.5) is 0 Å². The summed E-state index contributed by atoms with van der Waals surface area (Å²) in [6.45, 7) is 9.55. The normalized spacial score (nSPS) is 16.6. The smallest absolute Gasteiger partial charge is 0.123 e. The van der Waals surface area contributed by atoms with Crippen LogP contribution in [0, 0.1) is 17.3 Å². The highest BCUT2D eigenvalue weighted by Gasteiger charge is 2.40. The number of rotatable bonds is 11. The summed E-state index contributed by atoms with van der Waals surface area (Å²) in [4.78, 5) is 11.5. The topological polar surface area (TPSA) is 26.3 Å². The lowest BCUT2D eigenvalue weighted by molar-refractivity contribution is -0.120. The molecule has 0 aromatic rings. The third-order valence-electron chi connectivity index (χ3n) is 4.30. The van der Waals surface area contributed by atoms with Crippen molar-refractivity contribution in [1.82, 2.24) is 0 Å². The molecule has 108 valence electrons. The third-order valence-corrected chi connectivity index (χ3v) is 4.30. The van der Waals surface area contributed by atoms with Crippen LogP contribution >= 0.6 is 0 Å². The van der Waals surface area contributed by atoms with E-state index in [2.05, 4.69) is 27.7 Å². The molecule has 0 bridgehead atoms. The van der Waals surface area contributed by atoms with E-state index in [1.165, 1.54) is 19.1 Å². The quantitative estimate of drug-likeness (QED) is 0.403. The number of aldehydes is 1. The Morgan fingerprint density at radius 3 is 2.22 bits per heavy atom. The highest BCUT2D eigenvalue weighted by Crippen LogP contribution is 2.42. The number of methoxy groups -OCH3 is 1. The highest BCUT2D eigenvalue weighted by molar-refractivity contribution is 5.55. The summed E-state index contributed by atoms with van der Waals surface area (Å²) in [6.07, 6.45) is 7.97. The average Bonchev–Trinajstić information content (AvgIpc) is 2.34. The van der Waals surface area contributed by atoms with Gasteiger partial charge >= 0.3 is 0 Å². The first kappa shape index (κ1) is 17.6. The van der Waals surface area contributed by atoms with Crippen LogP contribution in [0.3, 0.4) is 0 Å². The highest BCUT2D eigenvalue weighted by atomic mass is 16.5. The van der Waals surface area contributed by atoms with Crippen molar-refractivity contribution >= 4 is 6.29 Å². The molecule has 0 aromatic heterocycles. The second-order valence-corrected chi connectivity index (χ2v) is 5.81. The molecule has 0 heterocycles. The first-order valence-corrected chi connectivity index (χ1v) is 7.53. The molecule has 0 aliphatic carbocycles. The van der Waals surface area contributed by atoms with Crippen molar-refractivity contribution in [2.45, 2.75) is 66.2 Å². The second kappa shape index (κ2) is 9.55. The number of ether oxygens (including phenoxy) is 1. The zero-order valence-electron chi connectivity index (χ0n) is 13.0. The van der Waals surface area contributed by atoms with Gasteiger partial charge in [0.1, 0.15) is 6.29 Å². The Bertz CT molecular complexity index is 205. The largest absolute Gasteiger partial charge is 0.384 e. The van der Waals surface area contributed by atoms with Gasteiger partial charge in [0.05, 0.1) is 6.61 Å². The van der Waals surface area contributed by atoms with Gasteiger partial charge in [0.2, 0.25) is 0 Å². The van der Waals surface area contributed by atoms with E-state index < -0.39 is 0 Å². The Morgan fingerprint density at radius 1 is 1.17 bits per heavy atom. The third kappa shape index (κ3) is 4.72. The van der Waals surface area contributed by atoms with Crippen LogP contribution in [0.5, 0.6) is 0 Å². The fourth-order valence-electron chi connectivity index (χ4n) is 3.09. The molecular weight excluding hydrogens is 224 g/mol. The molecule has 0 saturated carbocycles. The summed E-state index contributed by atoms with van der Waals surface area (Å²) in [7, 11) is 1.75. The van der Waals surface area contributed by atoms with E-state index in [1.807, 2.05) is 0 Å². The standard InChI is InChI=1S/C16H32O2/c1-6-8-9-10-15(12-17)16(11-7-2,13-18-5)14(3)4/h12,14-15H,6-11,13H2,1-5H3. The van der Waals surface area contributed by atoms with Gasteiger partial charge in [-0.3, -0.25) is 0 Å². The van der Waals surface area contributed by atoms with Crippen LogP contribution < -0.4 is 0 Å². The summed E-state index contributed by atoms with van der Waals surface area (Å²) in [6, 6.07) is 0. The van der Waals surface area contributed by atoms with Gasteiger partial charge in [0, 0.05) is 18.4 Å². The number of carbonyl (C=O) groups excluding carboxylic acids is 1. The van der Waals surface area contributed by atoms with Gasteiger partial charge in [-0.05, 0) is 18.8 Å². The lowest BCUT2D eigenvalue weighted by Crippen LogP contribution is -2.41. The van der Waals surface area contributed by atoms with Crippen molar-refractivity contribution in [1.29, 1.82) is 0 Å². The molecule has 2 heteroatoms. The zero-order chi connectivity index (χ0) is 14.0. The molecule has 0 aromatic carbocycles. The Hall–Kier alpha value is -0.370. The average molecular weight is 256 g/mol. The monoisotopic (exact) mass is 256 g/mol. The van der Waals surface area contributed by atoms with Gasteiger partial charge in [0.15, 0.2) is 0 Å². The molecule has 0 rings (SSSR count). The summed E-state index contributed by atoms with van der Waals surface area (Å²) >= 11 is 0. The molecule has 18 heavy (non-hydrogen) atoms. The van der Waals surface area contributed by atoms with Gasteiger partial charge < -0.3 is 9.53 Å². The minimum absolute atomic E-state index is 0.0268. The summed E-state index contributed by atoms with van der Waals surface area (Å²) in [5.41, 5.74) is 0.0268. The maximum absolute atomic E-state index is 11.5. The van der Waals surface area contributed by atoms with Crippen LogP contribution in [0.1, 0.15) is 66.2 Å². The van der Waals surface area contributed by atoms with E-state index in [0.29, 0.717) is 12.5 Å². The van der Waals surface area contributed by atoms with E-state index in [9.17, 15) is 4.79 Å². The maximum Gasteiger partial charge on any atom is 0.123 e. The Balaban J connectivity index is 4.89. The van der Waals surface area contributed by atoms with Crippen LogP contribution in [0.25, 0.3) is 0 Å². The SMILES string of the molecule is CCCCCC(C=O)C(CCC)(COC)C(C)C. The van der Waals surface area contributed by atoms with Crippen LogP contribution in [0.2, 0.25) is 0 Å². The lowest BCUT2D eigenvalue weighted by atomic mass is 9.64. The number of carbonyl (C=O) groups is 1. The fourth-order valence-corrected chi connectivity index (χ4v) is 3.09. The number of unbranched alkanes of at least 4 members (excludes halogenated alkanes) is 2. The van der Waals surface area contributed by atoms with Crippen LogP contribution in [0.15, 0.2) is 0 Å². The minimum atomic E-state index is 0.0268. The summed E-state index contributed by atoms with van der Waals surface area (Å²) in [5, 5.41) is 0. The number of hydrogen-bond acceptors (Lipinski definition) is 2. The van der Waals surface area contributed by atoms with E-state index in [4.69, 9.17) is 4.74 Å². The van der Waals surface area contributed by atoms with E-state index in [1.54, 1.807) is 7.11 Å². The van der Waals surface area contributed by atoms with Crippen molar-refractivity contribution in [3.63, 3.8) is 0 Å². The Kier molecular flexibility index (Phi) is 9.35. The van der Waals surface area contributed by atoms with E-state index in [-0.39, 0.29) is 11.3 Å². The molecule has 0 aliphatic heterocycles. The Labute approximate surface area is 113 Å². The Morgan fingerprint density at radius 2 is 1.83 bits per heavy atom. The fraction of sp³-hybridized carbons (Fsp3) is 0.938. The van der Waals surface area contributed by atoms with Gasteiger partial charge in [0.25, 0.3) is 0 Å². The van der Waals surface area contributed by atoms with Gasteiger partial charge in [-0.25, -0.2) is 0 Å². The van der Waals surface area contributed by atoms with Crippen molar-refractivity contribution in [2.24, 2.45) is 17.3 Å². The molecule has 2 unspecified atom stereocenters. The molecule has 2 atom stereocenters. The van der Waals surface area contributed by atoms with Crippen molar-refractivity contribution < 1.29 is 9.53 Å². The molecule has 0 saturated heterocycles. The predicted octanol–water partition coefficient (Wildman–Crippen LogP) is 4.47. The van der Waals surface area contributed by atoms with Crippen LogP contribution in [-0.4, -0.2) is 20.0 Å². The van der Waals surface area contributed by atoms with E-state index >= 15 is 0 Å². The molecule has 0 fully saturated rings. The second-order valence-electron chi connectivity index (χ2n) is 5.81. The molecule has 0 aliphatic rings. The summed E-state index contributed by atoms with van der Waals surface area (Å²) < 4.78 is 5.45. The van der Waals surface area contributed by atoms with Gasteiger partial charge in [-0.15, -0.1) is 0 Å².